The molecule has 2 aromatic carbocycles. The van der Waals surface area contributed by atoms with E-state index in [-0.39, 0.29) is 17.3 Å². The van der Waals surface area contributed by atoms with Crippen LogP contribution >= 0.6 is 11.8 Å². The lowest BCUT2D eigenvalue weighted by molar-refractivity contribution is -0.115. The molecule has 0 radical (unpaired) electrons. The molecule has 1 unspecified atom stereocenters. The number of hydrogen-bond acceptors (Lipinski definition) is 5. The summed E-state index contributed by atoms with van der Waals surface area (Å²) in [5.74, 6) is 5.60. The Bertz CT molecular complexity index is 942. The number of aryl methyl sites for hydroxylation is 1. The first-order valence-corrected chi connectivity index (χ1v) is 9.39. The minimum atomic E-state index is -0.462. The van der Waals surface area contributed by atoms with Gasteiger partial charge in [0.25, 0.3) is 0 Å². The van der Waals surface area contributed by atoms with Gasteiger partial charge in [0, 0.05) is 5.69 Å². The Kier molecular flexibility index (Phi) is 5.75. The van der Waals surface area contributed by atoms with Gasteiger partial charge in [-0.3, -0.25) is 4.79 Å². The summed E-state index contributed by atoms with van der Waals surface area (Å²) in [5, 5.41) is 10.7. The normalized spacial score (nSPS) is 12.0. The maximum atomic E-state index is 13.9. The van der Waals surface area contributed by atoms with Gasteiger partial charge in [0.15, 0.2) is 5.82 Å². The molecule has 1 atom stereocenters. The fourth-order valence-corrected chi connectivity index (χ4v) is 3.23. The van der Waals surface area contributed by atoms with E-state index in [1.165, 1.54) is 16.3 Å². The molecule has 0 aliphatic carbocycles. The molecule has 0 saturated heterocycles. The van der Waals surface area contributed by atoms with Crippen LogP contribution in [0.5, 0.6) is 0 Å². The Labute approximate surface area is 161 Å². The summed E-state index contributed by atoms with van der Waals surface area (Å²) in [4.78, 5) is 12.4. The SMILES string of the molecule is CCc1ccc(NC(=O)C(C)Sc2nnc(-c3ccccc3F)n2N)cc1. The quantitative estimate of drug-likeness (QED) is 0.501. The number of nitrogens with zero attached hydrogens (tertiary/aromatic N) is 3. The number of thioether (sulfide) groups is 1. The number of carbonyl (C=O) groups excluding carboxylic acids is 1. The Morgan fingerprint density at radius 2 is 1.93 bits per heavy atom. The summed E-state index contributed by atoms with van der Waals surface area (Å²) < 4.78 is 15.1. The van der Waals surface area contributed by atoms with Gasteiger partial charge >= 0.3 is 0 Å². The van der Waals surface area contributed by atoms with E-state index in [1.807, 2.05) is 24.3 Å². The highest BCUT2D eigenvalue weighted by atomic mass is 32.2. The summed E-state index contributed by atoms with van der Waals surface area (Å²) in [6.45, 7) is 3.82. The Morgan fingerprint density at radius 3 is 2.59 bits per heavy atom. The highest BCUT2D eigenvalue weighted by Gasteiger charge is 2.21. The van der Waals surface area contributed by atoms with E-state index in [1.54, 1.807) is 25.1 Å². The molecule has 27 heavy (non-hydrogen) atoms. The zero-order chi connectivity index (χ0) is 19.4. The molecule has 3 aromatic rings. The van der Waals surface area contributed by atoms with Crippen molar-refractivity contribution < 1.29 is 9.18 Å². The van der Waals surface area contributed by atoms with Crippen molar-refractivity contribution in [2.45, 2.75) is 30.7 Å². The Balaban J connectivity index is 1.69. The first-order chi connectivity index (χ1) is 13.0. The van der Waals surface area contributed by atoms with Crippen molar-refractivity contribution in [3.8, 4) is 11.4 Å². The van der Waals surface area contributed by atoms with Crippen LogP contribution in [0.3, 0.4) is 0 Å². The van der Waals surface area contributed by atoms with E-state index in [2.05, 4.69) is 22.4 Å². The molecular formula is C19H20FN5OS. The molecule has 0 saturated carbocycles. The molecule has 0 aliphatic rings. The van der Waals surface area contributed by atoms with Crippen molar-refractivity contribution >= 4 is 23.4 Å². The van der Waals surface area contributed by atoms with Crippen molar-refractivity contribution in [1.82, 2.24) is 14.9 Å². The van der Waals surface area contributed by atoms with E-state index < -0.39 is 11.1 Å². The summed E-state index contributed by atoms with van der Waals surface area (Å²) in [6, 6.07) is 13.9. The van der Waals surface area contributed by atoms with Gasteiger partial charge in [-0.1, -0.05) is 43.0 Å². The third kappa shape index (κ3) is 4.28. The van der Waals surface area contributed by atoms with Gasteiger partial charge in [-0.05, 0) is 43.2 Å². The first kappa shape index (κ1) is 18.9. The van der Waals surface area contributed by atoms with Crippen LogP contribution in [0.15, 0.2) is 53.7 Å². The second-order valence-electron chi connectivity index (χ2n) is 5.96. The molecule has 1 heterocycles. The first-order valence-electron chi connectivity index (χ1n) is 8.51. The van der Waals surface area contributed by atoms with Crippen LogP contribution in [0.25, 0.3) is 11.4 Å². The smallest absolute Gasteiger partial charge is 0.237 e. The van der Waals surface area contributed by atoms with Gasteiger partial charge < -0.3 is 11.2 Å². The number of rotatable bonds is 6. The van der Waals surface area contributed by atoms with Crippen molar-refractivity contribution in [3.05, 3.63) is 59.9 Å². The van der Waals surface area contributed by atoms with Crippen LogP contribution in [0.4, 0.5) is 10.1 Å². The maximum Gasteiger partial charge on any atom is 0.237 e. The monoisotopic (exact) mass is 385 g/mol. The average molecular weight is 385 g/mol. The fourth-order valence-electron chi connectivity index (χ4n) is 2.46. The number of halogens is 1. The molecule has 3 rings (SSSR count). The van der Waals surface area contributed by atoms with Crippen LogP contribution in [0.1, 0.15) is 19.4 Å². The van der Waals surface area contributed by atoms with Crippen LogP contribution in [-0.4, -0.2) is 26.0 Å². The number of nitrogens with one attached hydrogen (secondary N) is 1. The minimum absolute atomic E-state index is 0.181. The zero-order valence-corrected chi connectivity index (χ0v) is 15.8. The van der Waals surface area contributed by atoms with Gasteiger partial charge in [-0.15, -0.1) is 10.2 Å². The number of anilines is 1. The van der Waals surface area contributed by atoms with E-state index in [0.29, 0.717) is 5.16 Å². The maximum absolute atomic E-state index is 13.9. The highest BCUT2D eigenvalue weighted by molar-refractivity contribution is 8.00. The van der Waals surface area contributed by atoms with Crippen LogP contribution in [0, 0.1) is 5.82 Å². The number of nitrogens with two attached hydrogens (primary N) is 1. The third-order valence-corrected chi connectivity index (χ3v) is 5.12. The summed E-state index contributed by atoms with van der Waals surface area (Å²) in [6.07, 6.45) is 0.941. The molecule has 1 amide bonds. The molecule has 0 bridgehead atoms. The Hall–Kier alpha value is -2.87. The topological polar surface area (TPSA) is 85.8 Å². The van der Waals surface area contributed by atoms with Crippen LogP contribution in [0.2, 0.25) is 0 Å². The number of carbonyl (C=O) groups is 1. The molecule has 8 heteroatoms. The predicted molar refractivity (Wildman–Crippen MR) is 105 cm³/mol. The van der Waals surface area contributed by atoms with E-state index >= 15 is 0 Å². The van der Waals surface area contributed by atoms with Crippen molar-refractivity contribution in [2.75, 3.05) is 11.2 Å². The average Bonchev–Trinajstić information content (AvgIpc) is 3.03. The van der Waals surface area contributed by atoms with Crippen molar-refractivity contribution in [1.29, 1.82) is 0 Å². The number of benzene rings is 2. The van der Waals surface area contributed by atoms with Gasteiger partial charge in [0.05, 0.1) is 10.8 Å². The number of nitrogen functional groups attached to an aromatic ring is 1. The summed E-state index contributed by atoms with van der Waals surface area (Å²) in [5.41, 5.74) is 2.19. The van der Waals surface area contributed by atoms with Gasteiger partial charge in [-0.25, -0.2) is 9.07 Å². The lowest BCUT2D eigenvalue weighted by atomic mass is 10.1. The molecule has 0 fully saturated rings. The van der Waals surface area contributed by atoms with E-state index in [0.717, 1.165) is 23.9 Å². The Morgan fingerprint density at radius 1 is 1.22 bits per heavy atom. The molecular weight excluding hydrogens is 365 g/mol. The summed E-state index contributed by atoms with van der Waals surface area (Å²) in [7, 11) is 0. The predicted octanol–water partition coefficient (Wildman–Crippen LogP) is 3.48. The lowest BCUT2D eigenvalue weighted by Gasteiger charge is -2.12. The highest BCUT2D eigenvalue weighted by Crippen LogP contribution is 2.26. The largest absolute Gasteiger partial charge is 0.335 e. The molecule has 6 nitrogen and oxygen atoms in total. The summed E-state index contributed by atoms with van der Waals surface area (Å²) >= 11 is 1.16. The second-order valence-corrected chi connectivity index (χ2v) is 7.26. The minimum Gasteiger partial charge on any atom is -0.335 e. The number of hydrogen-bond donors (Lipinski definition) is 2. The van der Waals surface area contributed by atoms with E-state index in [9.17, 15) is 9.18 Å². The lowest BCUT2D eigenvalue weighted by Crippen LogP contribution is -2.23. The van der Waals surface area contributed by atoms with Crippen molar-refractivity contribution in [2.24, 2.45) is 0 Å². The van der Waals surface area contributed by atoms with Gasteiger partial charge in [0.1, 0.15) is 5.82 Å². The van der Waals surface area contributed by atoms with Gasteiger partial charge in [-0.2, -0.15) is 0 Å². The van der Waals surface area contributed by atoms with E-state index in [4.69, 9.17) is 5.84 Å². The number of amides is 1. The molecule has 0 spiro atoms. The van der Waals surface area contributed by atoms with Crippen molar-refractivity contribution in [3.63, 3.8) is 0 Å². The third-order valence-electron chi connectivity index (χ3n) is 4.06. The molecule has 3 N–H and O–H groups in total. The second kappa shape index (κ2) is 8.22. The van der Waals surface area contributed by atoms with Gasteiger partial charge in [0.2, 0.25) is 11.1 Å². The van der Waals surface area contributed by atoms with Crippen LogP contribution in [-0.2, 0) is 11.2 Å². The standard InChI is InChI=1S/C19H20FN5OS/c1-3-13-8-10-14(11-9-13)22-18(26)12(2)27-19-24-23-17(25(19)21)15-6-4-5-7-16(15)20/h4-12H,3,21H2,1-2H3,(H,22,26). The molecule has 1 aromatic heterocycles. The van der Waals surface area contributed by atoms with Crippen LogP contribution < -0.4 is 11.2 Å². The molecule has 0 aliphatic heterocycles. The number of aromatic nitrogens is 3. The molecule has 140 valence electrons. The fraction of sp³-hybridized carbons (Fsp3) is 0.211. The zero-order valence-electron chi connectivity index (χ0n) is 15.0.